The van der Waals surface area contributed by atoms with Crippen LogP contribution in [0.15, 0.2) is 24.3 Å². The molecular weight excluding hydrogens is 444 g/mol. The molecule has 1 aromatic rings. The van der Waals surface area contributed by atoms with Gasteiger partial charge in [-0.05, 0) is 12.1 Å². The standard InChI is InChI=1S/C20H25N2O11/c1-10(23)21-17-19(31-13(4)26)18(30-12(3)25)16(9-29-11(2)24)33-20(17)32-15-7-5-6-14(8-15)22(27)28/h5-8,16-20,27H,9H2,1-4H3,(H,21,23)/q-1/t16-,17+,18-,19-,20-/m1/s1. The maximum absolute atomic E-state index is 11.9. The van der Waals surface area contributed by atoms with E-state index in [1.165, 1.54) is 31.2 Å². The Hall–Kier alpha value is -3.42. The quantitative estimate of drug-likeness (QED) is 0.305. The van der Waals surface area contributed by atoms with Gasteiger partial charge < -0.3 is 39.4 Å². The molecule has 2 N–H and O–H groups in total. The fraction of sp³-hybridized carbons (Fsp3) is 0.500. The molecule has 13 heteroatoms. The zero-order valence-electron chi connectivity index (χ0n) is 18.4. The van der Waals surface area contributed by atoms with E-state index < -0.39 is 54.5 Å². The average Bonchev–Trinajstić information content (AvgIpc) is 2.70. The van der Waals surface area contributed by atoms with Crippen LogP contribution in [-0.4, -0.2) is 66.3 Å². The first-order chi connectivity index (χ1) is 15.5. The van der Waals surface area contributed by atoms with Crippen molar-refractivity contribution in [2.45, 2.75) is 58.3 Å². The Bertz CT molecular complexity index is 875. The largest absolute Gasteiger partial charge is 0.733 e. The van der Waals surface area contributed by atoms with Gasteiger partial charge in [-0.2, -0.15) is 0 Å². The number of carbonyl (C=O) groups excluding carboxylic acids is 4. The van der Waals surface area contributed by atoms with Gasteiger partial charge in [-0.1, -0.05) is 6.07 Å². The van der Waals surface area contributed by atoms with E-state index in [9.17, 15) is 24.4 Å². The Morgan fingerprint density at radius 3 is 2.24 bits per heavy atom. The maximum Gasteiger partial charge on any atom is 0.303 e. The van der Waals surface area contributed by atoms with Gasteiger partial charge in [-0.15, -0.1) is 0 Å². The minimum Gasteiger partial charge on any atom is -0.733 e. The van der Waals surface area contributed by atoms with Crippen molar-refractivity contribution in [1.29, 1.82) is 0 Å². The van der Waals surface area contributed by atoms with Crippen LogP contribution in [0.3, 0.4) is 0 Å². The summed E-state index contributed by atoms with van der Waals surface area (Å²) in [5, 5.41) is 22.5. The van der Waals surface area contributed by atoms with Crippen LogP contribution in [-0.2, 0) is 38.1 Å². The van der Waals surface area contributed by atoms with Gasteiger partial charge in [0, 0.05) is 33.8 Å². The molecule has 1 amide bonds. The summed E-state index contributed by atoms with van der Waals surface area (Å²) in [7, 11) is 0. The van der Waals surface area contributed by atoms with Crippen LogP contribution in [0.1, 0.15) is 27.7 Å². The fourth-order valence-electron chi connectivity index (χ4n) is 3.20. The van der Waals surface area contributed by atoms with E-state index in [2.05, 4.69) is 5.32 Å². The maximum atomic E-state index is 11.9. The van der Waals surface area contributed by atoms with Gasteiger partial charge >= 0.3 is 17.9 Å². The van der Waals surface area contributed by atoms with E-state index in [1.54, 1.807) is 0 Å². The molecule has 182 valence electrons. The van der Waals surface area contributed by atoms with Crippen LogP contribution in [0.2, 0.25) is 0 Å². The predicted octanol–water partition coefficient (Wildman–Crippen LogP) is 0.415. The van der Waals surface area contributed by atoms with Gasteiger partial charge in [0.1, 0.15) is 24.5 Å². The molecule has 0 aromatic heterocycles. The Morgan fingerprint density at radius 2 is 1.70 bits per heavy atom. The minimum absolute atomic E-state index is 0.0569. The second kappa shape index (κ2) is 11.4. The van der Waals surface area contributed by atoms with E-state index in [-0.39, 0.29) is 23.3 Å². The number of rotatable bonds is 8. The normalized spacial score (nSPS) is 24.2. The Labute approximate surface area is 189 Å². The van der Waals surface area contributed by atoms with Crippen LogP contribution in [0.5, 0.6) is 5.75 Å². The molecule has 0 bridgehead atoms. The Kier molecular flexibility index (Phi) is 8.96. The molecule has 0 spiro atoms. The smallest absolute Gasteiger partial charge is 0.303 e. The molecule has 1 saturated heterocycles. The van der Waals surface area contributed by atoms with Crippen molar-refractivity contribution in [2.75, 3.05) is 11.8 Å². The van der Waals surface area contributed by atoms with Gasteiger partial charge in [0.2, 0.25) is 12.2 Å². The summed E-state index contributed by atoms with van der Waals surface area (Å²) >= 11 is 0. The molecule has 2 rings (SSSR count). The summed E-state index contributed by atoms with van der Waals surface area (Å²) in [4.78, 5) is 46.8. The molecule has 1 aliphatic heterocycles. The molecule has 1 fully saturated rings. The SMILES string of the molecule is CC(=O)N[C@@H]1[C@H](Oc2cccc(N([O-])O)c2)O[C@H](COC(C)=O)[C@@H](OC(C)=O)[C@@H]1OC(C)=O. The summed E-state index contributed by atoms with van der Waals surface area (Å²) < 4.78 is 27.3. The first-order valence-corrected chi connectivity index (χ1v) is 9.81. The van der Waals surface area contributed by atoms with Crippen molar-refractivity contribution in [1.82, 2.24) is 5.32 Å². The molecule has 1 aliphatic rings. The number of amides is 1. The summed E-state index contributed by atoms with van der Waals surface area (Å²) in [5.41, 5.74) is -0.148. The second-order valence-corrected chi connectivity index (χ2v) is 7.11. The van der Waals surface area contributed by atoms with Crippen LogP contribution in [0.25, 0.3) is 0 Å². The number of carbonyl (C=O) groups is 4. The lowest BCUT2D eigenvalue weighted by molar-refractivity contribution is -0.257. The first kappa shape index (κ1) is 25.8. The molecule has 5 atom stereocenters. The lowest BCUT2D eigenvalue weighted by atomic mass is 9.96. The molecule has 1 aromatic carbocycles. The highest BCUT2D eigenvalue weighted by Crippen LogP contribution is 2.30. The molecule has 33 heavy (non-hydrogen) atoms. The summed E-state index contributed by atoms with van der Waals surface area (Å²) in [6.45, 7) is 4.23. The Morgan fingerprint density at radius 1 is 1.06 bits per heavy atom. The number of nitrogens with one attached hydrogen (secondary N) is 1. The number of anilines is 1. The van der Waals surface area contributed by atoms with Crippen LogP contribution in [0, 0.1) is 5.21 Å². The highest BCUT2D eigenvalue weighted by atomic mass is 16.8. The third-order valence-corrected chi connectivity index (χ3v) is 4.36. The third kappa shape index (κ3) is 7.59. The van der Waals surface area contributed by atoms with Crippen molar-refractivity contribution < 1.29 is 48.1 Å². The molecular formula is C20H25N2O11-. The van der Waals surface area contributed by atoms with Crippen molar-refractivity contribution >= 4 is 29.5 Å². The Balaban J connectivity index is 2.46. The summed E-state index contributed by atoms with van der Waals surface area (Å²) in [6.07, 6.45) is -5.04. The fourth-order valence-corrected chi connectivity index (χ4v) is 3.20. The first-order valence-electron chi connectivity index (χ1n) is 9.81. The molecule has 0 radical (unpaired) electrons. The monoisotopic (exact) mass is 469 g/mol. The minimum atomic E-state index is -1.35. The van der Waals surface area contributed by atoms with E-state index in [0.29, 0.717) is 0 Å². The lowest BCUT2D eigenvalue weighted by Gasteiger charge is -2.44. The number of hydrogen-bond donors (Lipinski definition) is 2. The van der Waals surface area contributed by atoms with Gasteiger partial charge in [0.25, 0.3) is 0 Å². The van der Waals surface area contributed by atoms with Gasteiger partial charge in [0.05, 0.1) is 5.69 Å². The number of benzene rings is 1. The number of nitrogens with zero attached hydrogens (tertiary/aromatic N) is 1. The lowest BCUT2D eigenvalue weighted by Crippen LogP contribution is -2.67. The van der Waals surface area contributed by atoms with Crippen molar-refractivity contribution in [3.63, 3.8) is 0 Å². The van der Waals surface area contributed by atoms with E-state index in [0.717, 1.165) is 20.8 Å². The zero-order valence-corrected chi connectivity index (χ0v) is 18.4. The van der Waals surface area contributed by atoms with Crippen molar-refractivity contribution in [3.05, 3.63) is 29.5 Å². The molecule has 13 nitrogen and oxygen atoms in total. The van der Waals surface area contributed by atoms with Gasteiger partial charge in [-0.3, -0.25) is 24.4 Å². The second-order valence-electron chi connectivity index (χ2n) is 7.11. The van der Waals surface area contributed by atoms with E-state index >= 15 is 0 Å². The average molecular weight is 469 g/mol. The highest BCUT2D eigenvalue weighted by Gasteiger charge is 2.51. The number of ether oxygens (including phenoxy) is 5. The van der Waals surface area contributed by atoms with Gasteiger partial charge in [0.15, 0.2) is 12.2 Å². The number of hydrogen-bond acceptors (Lipinski definition) is 12. The highest BCUT2D eigenvalue weighted by molar-refractivity contribution is 5.73. The van der Waals surface area contributed by atoms with E-state index in [1.807, 2.05) is 0 Å². The molecule has 0 saturated carbocycles. The van der Waals surface area contributed by atoms with Crippen LogP contribution in [0.4, 0.5) is 5.69 Å². The molecule has 0 unspecified atom stereocenters. The summed E-state index contributed by atoms with van der Waals surface area (Å²) in [6, 6.07) is 4.20. The van der Waals surface area contributed by atoms with Crippen molar-refractivity contribution in [2.24, 2.45) is 0 Å². The van der Waals surface area contributed by atoms with Crippen LogP contribution >= 0.6 is 0 Å². The summed E-state index contributed by atoms with van der Waals surface area (Å²) in [5.74, 6) is -2.60. The third-order valence-electron chi connectivity index (χ3n) is 4.36. The van der Waals surface area contributed by atoms with E-state index in [4.69, 9.17) is 28.9 Å². The molecule has 1 heterocycles. The topological polar surface area (TPSA) is 173 Å². The van der Waals surface area contributed by atoms with Crippen LogP contribution < -0.4 is 15.3 Å². The zero-order chi connectivity index (χ0) is 24.7. The molecule has 0 aliphatic carbocycles. The van der Waals surface area contributed by atoms with Gasteiger partial charge in [-0.25, -0.2) is 0 Å². The predicted molar refractivity (Wildman–Crippen MR) is 109 cm³/mol. The number of esters is 3. The van der Waals surface area contributed by atoms with Crippen molar-refractivity contribution in [3.8, 4) is 5.75 Å².